The van der Waals surface area contributed by atoms with E-state index in [1.165, 1.54) is 6.07 Å². The number of fused-ring (bicyclic) bond motifs is 1. The average Bonchev–Trinajstić information content (AvgIpc) is 2.42. The van der Waals surface area contributed by atoms with Gasteiger partial charge < -0.3 is 9.15 Å². The molecule has 2 aromatic rings. The first-order chi connectivity index (χ1) is 9.24. The van der Waals surface area contributed by atoms with Crippen LogP contribution in [0.25, 0.3) is 21.4 Å². The Kier molecular flexibility index (Phi) is 3.72. The van der Waals surface area contributed by atoms with Gasteiger partial charge in [0.05, 0.1) is 11.9 Å². The molecule has 0 radical (unpaired) electrons. The summed E-state index contributed by atoms with van der Waals surface area (Å²) in [4.78, 5) is 14.4. The van der Waals surface area contributed by atoms with Crippen LogP contribution in [-0.2, 0) is 6.54 Å². The van der Waals surface area contributed by atoms with Crippen molar-refractivity contribution in [1.29, 1.82) is 0 Å². The van der Waals surface area contributed by atoms with Crippen LogP contribution in [-0.4, -0.2) is 6.61 Å². The van der Waals surface area contributed by atoms with Crippen molar-refractivity contribution in [2.45, 2.75) is 6.54 Å². The first-order valence-electron chi connectivity index (χ1n) is 5.38. The molecule has 0 bridgehead atoms. The fourth-order valence-electron chi connectivity index (χ4n) is 1.58. The summed E-state index contributed by atoms with van der Waals surface area (Å²) in [6.45, 7) is 0.116. The second kappa shape index (κ2) is 5.63. The molecule has 0 aliphatic heterocycles. The molecule has 0 spiro atoms. The van der Waals surface area contributed by atoms with E-state index >= 15 is 0 Å². The minimum Gasteiger partial charge on any atom is -0.481 e. The Balaban J connectivity index is 2.47. The van der Waals surface area contributed by atoms with E-state index in [0.717, 1.165) is 0 Å². The standard InChI is InChI=1S/C13H9N3O3/c1-2-5-18-9-3-4-11-12(17)6-10(8-15-16-14)19-13(11)7-9/h1,3-4,6-7H,5,8H2. The molecule has 94 valence electrons. The zero-order valence-electron chi connectivity index (χ0n) is 9.87. The van der Waals surface area contributed by atoms with Crippen LogP contribution in [0.1, 0.15) is 5.76 Å². The molecule has 1 aromatic heterocycles. The summed E-state index contributed by atoms with van der Waals surface area (Å²) in [6.07, 6.45) is 5.10. The van der Waals surface area contributed by atoms with E-state index in [2.05, 4.69) is 15.9 Å². The number of rotatable bonds is 4. The van der Waals surface area contributed by atoms with E-state index in [4.69, 9.17) is 21.1 Å². The molecule has 6 nitrogen and oxygen atoms in total. The summed E-state index contributed by atoms with van der Waals surface area (Å²) in [5, 5.41) is 3.78. The van der Waals surface area contributed by atoms with Crippen LogP contribution < -0.4 is 10.2 Å². The van der Waals surface area contributed by atoms with E-state index < -0.39 is 0 Å². The summed E-state index contributed by atoms with van der Waals surface area (Å²) in [6, 6.07) is 6.13. The largest absolute Gasteiger partial charge is 0.481 e. The number of nitrogens with zero attached hydrogens (tertiary/aromatic N) is 3. The number of benzene rings is 1. The lowest BCUT2D eigenvalue weighted by atomic mass is 10.2. The van der Waals surface area contributed by atoms with Gasteiger partial charge in [0.15, 0.2) is 5.43 Å². The number of hydrogen-bond donors (Lipinski definition) is 0. The molecule has 19 heavy (non-hydrogen) atoms. The highest BCUT2D eigenvalue weighted by Crippen LogP contribution is 2.20. The maximum Gasteiger partial charge on any atom is 0.192 e. The Bertz CT molecular complexity index is 752. The van der Waals surface area contributed by atoms with E-state index in [-0.39, 0.29) is 18.6 Å². The smallest absolute Gasteiger partial charge is 0.192 e. The van der Waals surface area contributed by atoms with Crippen LogP contribution in [0.4, 0.5) is 0 Å². The molecule has 0 amide bonds. The second-order valence-electron chi connectivity index (χ2n) is 3.62. The maximum absolute atomic E-state index is 11.8. The van der Waals surface area contributed by atoms with Crippen molar-refractivity contribution in [3.05, 3.63) is 50.7 Å². The third-order valence-electron chi connectivity index (χ3n) is 2.36. The molecule has 0 aliphatic rings. The second-order valence-corrected chi connectivity index (χ2v) is 3.62. The predicted octanol–water partition coefficient (Wildman–Crippen LogP) is 2.62. The summed E-state index contributed by atoms with van der Waals surface area (Å²) >= 11 is 0. The Morgan fingerprint density at radius 1 is 1.47 bits per heavy atom. The van der Waals surface area contributed by atoms with Gasteiger partial charge in [-0.05, 0) is 17.7 Å². The molecule has 0 fully saturated rings. The van der Waals surface area contributed by atoms with E-state index in [1.54, 1.807) is 18.2 Å². The molecule has 6 heteroatoms. The molecule has 0 atom stereocenters. The Labute approximate surface area is 108 Å². The molecule has 1 aromatic carbocycles. The zero-order chi connectivity index (χ0) is 13.7. The first kappa shape index (κ1) is 12.6. The summed E-state index contributed by atoms with van der Waals surface area (Å²) in [7, 11) is 0. The van der Waals surface area contributed by atoms with Crippen molar-refractivity contribution in [3.63, 3.8) is 0 Å². The molecule has 0 saturated heterocycles. The first-order valence-corrected chi connectivity index (χ1v) is 5.38. The van der Waals surface area contributed by atoms with E-state index in [9.17, 15) is 4.79 Å². The topological polar surface area (TPSA) is 88.2 Å². The van der Waals surface area contributed by atoms with Crippen molar-refractivity contribution in [2.24, 2.45) is 5.11 Å². The van der Waals surface area contributed by atoms with E-state index in [1.807, 2.05) is 0 Å². The lowest BCUT2D eigenvalue weighted by Gasteiger charge is -2.04. The fourth-order valence-corrected chi connectivity index (χ4v) is 1.58. The Morgan fingerprint density at radius 2 is 2.32 bits per heavy atom. The van der Waals surface area contributed by atoms with Gasteiger partial charge in [0, 0.05) is 17.0 Å². The Morgan fingerprint density at radius 3 is 3.05 bits per heavy atom. The molecule has 0 saturated carbocycles. The molecular weight excluding hydrogens is 246 g/mol. The molecule has 0 unspecified atom stereocenters. The summed E-state index contributed by atoms with van der Waals surface area (Å²) in [5.74, 6) is 3.15. The van der Waals surface area contributed by atoms with Crippen molar-refractivity contribution in [2.75, 3.05) is 6.61 Å². The van der Waals surface area contributed by atoms with Gasteiger partial charge in [-0.25, -0.2) is 0 Å². The van der Waals surface area contributed by atoms with Crippen molar-refractivity contribution >= 4 is 11.0 Å². The van der Waals surface area contributed by atoms with Gasteiger partial charge >= 0.3 is 0 Å². The maximum atomic E-state index is 11.8. The quantitative estimate of drug-likeness (QED) is 0.364. The SMILES string of the molecule is C#CCOc1ccc2c(=O)cc(CN=[N+]=[N-])oc2c1. The van der Waals surface area contributed by atoms with Gasteiger partial charge in [0.25, 0.3) is 0 Å². The highest BCUT2D eigenvalue weighted by Gasteiger charge is 2.05. The summed E-state index contributed by atoms with van der Waals surface area (Å²) in [5.41, 5.74) is 8.42. The van der Waals surface area contributed by atoms with Gasteiger partial charge in [0.1, 0.15) is 23.7 Å². The summed E-state index contributed by atoms with van der Waals surface area (Å²) < 4.78 is 10.7. The fraction of sp³-hybridized carbons (Fsp3) is 0.154. The van der Waals surface area contributed by atoms with Crippen LogP contribution in [0, 0.1) is 12.3 Å². The van der Waals surface area contributed by atoms with Gasteiger partial charge in [-0.15, -0.1) is 6.42 Å². The Hall–Kier alpha value is -2.90. The van der Waals surface area contributed by atoms with Gasteiger partial charge in [-0.1, -0.05) is 11.0 Å². The van der Waals surface area contributed by atoms with Crippen molar-refractivity contribution < 1.29 is 9.15 Å². The highest BCUT2D eigenvalue weighted by molar-refractivity contribution is 5.77. The molecule has 1 heterocycles. The highest BCUT2D eigenvalue weighted by atomic mass is 16.5. The minimum absolute atomic E-state index is 0.0167. The lowest BCUT2D eigenvalue weighted by Crippen LogP contribution is -2.02. The van der Waals surface area contributed by atoms with Crippen LogP contribution in [0.3, 0.4) is 0 Å². The van der Waals surface area contributed by atoms with Crippen LogP contribution in [0.2, 0.25) is 0 Å². The van der Waals surface area contributed by atoms with Crippen molar-refractivity contribution in [1.82, 2.24) is 0 Å². The van der Waals surface area contributed by atoms with Gasteiger partial charge in [-0.2, -0.15) is 0 Å². The molecule has 2 rings (SSSR count). The predicted molar refractivity (Wildman–Crippen MR) is 69.7 cm³/mol. The van der Waals surface area contributed by atoms with Gasteiger partial charge in [-0.3, -0.25) is 4.79 Å². The molecule has 0 N–H and O–H groups in total. The number of terminal acetylenes is 1. The number of hydrogen-bond acceptors (Lipinski definition) is 4. The average molecular weight is 255 g/mol. The minimum atomic E-state index is -0.201. The van der Waals surface area contributed by atoms with Gasteiger partial charge in [0.2, 0.25) is 0 Å². The van der Waals surface area contributed by atoms with E-state index in [0.29, 0.717) is 22.5 Å². The molecular formula is C13H9N3O3. The van der Waals surface area contributed by atoms with Crippen LogP contribution in [0.15, 0.2) is 38.6 Å². The van der Waals surface area contributed by atoms with Crippen molar-refractivity contribution in [3.8, 4) is 18.1 Å². The van der Waals surface area contributed by atoms with Crippen LogP contribution >= 0.6 is 0 Å². The van der Waals surface area contributed by atoms with Crippen LogP contribution in [0.5, 0.6) is 5.75 Å². The third-order valence-corrected chi connectivity index (χ3v) is 2.36. The lowest BCUT2D eigenvalue weighted by molar-refractivity contribution is 0.370. The number of azide groups is 1. The third kappa shape index (κ3) is 2.86. The zero-order valence-corrected chi connectivity index (χ0v) is 9.87. The normalized spacial score (nSPS) is 9.63. The monoisotopic (exact) mass is 255 g/mol. The number of ether oxygens (including phenoxy) is 1. The molecule has 0 aliphatic carbocycles.